The molecule has 110 valence electrons. The van der Waals surface area contributed by atoms with Crippen molar-refractivity contribution in [3.63, 3.8) is 0 Å². The van der Waals surface area contributed by atoms with Crippen LogP contribution in [0.1, 0.15) is 49.8 Å². The first-order valence-corrected chi connectivity index (χ1v) is 7.95. The summed E-state index contributed by atoms with van der Waals surface area (Å²) < 4.78 is 0. The number of hydrogen-bond acceptors (Lipinski definition) is 4. The second-order valence-corrected chi connectivity index (χ2v) is 6.53. The number of rotatable bonds is 4. The third-order valence-electron chi connectivity index (χ3n) is 5.19. The summed E-state index contributed by atoms with van der Waals surface area (Å²) in [5.41, 5.74) is 2.98. The number of aromatic nitrogens is 2. The molecule has 3 rings (SSSR count). The summed E-state index contributed by atoms with van der Waals surface area (Å²) in [6.07, 6.45) is 11.8. The summed E-state index contributed by atoms with van der Waals surface area (Å²) in [7, 11) is 4.39. The van der Waals surface area contributed by atoms with Crippen molar-refractivity contribution in [2.24, 2.45) is 0 Å². The Morgan fingerprint density at radius 3 is 2.60 bits per heavy atom. The molecule has 0 aromatic carbocycles. The van der Waals surface area contributed by atoms with Crippen LogP contribution in [0.4, 0.5) is 5.82 Å². The predicted molar refractivity (Wildman–Crippen MR) is 82.0 cm³/mol. The number of fused-ring (bicyclic) bond motifs is 1. The maximum atomic E-state index is 4.51. The molecule has 0 saturated heterocycles. The van der Waals surface area contributed by atoms with E-state index in [1.807, 2.05) is 0 Å². The standard InChI is InChI=1S/C16H26N4/c1-20(2)16(9-6-10-16)11-17-15-13-7-4-3-5-8-14(13)18-12-19-15/h12H,3-11H2,1-2H3,(H,17,18,19). The predicted octanol–water partition coefficient (Wildman–Crippen LogP) is 2.64. The Morgan fingerprint density at radius 1 is 1.10 bits per heavy atom. The van der Waals surface area contributed by atoms with E-state index in [-0.39, 0.29) is 0 Å². The monoisotopic (exact) mass is 274 g/mol. The van der Waals surface area contributed by atoms with Crippen LogP contribution in [-0.4, -0.2) is 41.0 Å². The number of hydrogen-bond donors (Lipinski definition) is 1. The zero-order chi connectivity index (χ0) is 14.0. The number of nitrogens with one attached hydrogen (secondary N) is 1. The van der Waals surface area contributed by atoms with Gasteiger partial charge in [0.05, 0.1) is 0 Å². The van der Waals surface area contributed by atoms with Crippen molar-refractivity contribution >= 4 is 5.82 Å². The van der Waals surface area contributed by atoms with Gasteiger partial charge in [-0.3, -0.25) is 0 Å². The Bertz CT molecular complexity index is 466. The highest BCUT2D eigenvalue weighted by Gasteiger charge is 2.38. The van der Waals surface area contributed by atoms with E-state index in [0.29, 0.717) is 5.54 Å². The molecular formula is C16H26N4. The average Bonchev–Trinajstić information content (AvgIpc) is 2.62. The summed E-state index contributed by atoms with van der Waals surface area (Å²) in [6, 6.07) is 0. The molecule has 4 nitrogen and oxygen atoms in total. The van der Waals surface area contributed by atoms with Gasteiger partial charge in [-0.1, -0.05) is 6.42 Å². The molecule has 0 spiro atoms. The maximum absolute atomic E-state index is 4.51. The van der Waals surface area contributed by atoms with Crippen molar-refractivity contribution < 1.29 is 0 Å². The molecule has 2 aliphatic carbocycles. The Morgan fingerprint density at radius 2 is 1.90 bits per heavy atom. The van der Waals surface area contributed by atoms with Crippen LogP contribution in [0, 0.1) is 0 Å². The lowest BCUT2D eigenvalue weighted by Crippen LogP contribution is -2.54. The molecule has 1 aromatic heterocycles. The molecule has 2 aliphatic rings. The van der Waals surface area contributed by atoms with E-state index in [1.165, 1.54) is 49.8 Å². The van der Waals surface area contributed by atoms with Crippen LogP contribution in [0.15, 0.2) is 6.33 Å². The van der Waals surface area contributed by atoms with Crippen molar-refractivity contribution in [3.05, 3.63) is 17.6 Å². The summed E-state index contributed by atoms with van der Waals surface area (Å²) in [4.78, 5) is 11.4. The molecule has 0 unspecified atom stereocenters. The normalized spacial score (nSPS) is 20.9. The molecule has 1 heterocycles. The molecule has 20 heavy (non-hydrogen) atoms. The van der Waals surface area contributed by atoms with Crippen molar-refractivity contribution in [2.75, 3.05) is 26.0 Å². The molecule has 0 aliphatic heterocycles. The van der Waals surface area contributed by atoms with E-state index in [2.05, 4.69) is 34.3 Å². The van der Waals surface area contributed by atoms with Gasteiger partial charge in [-0.15, -0.1) is 0 Å². The summed E-state index contributed by atoms with van der Waals surface area (Å²) in [5, 5.41) is 3.63. The van der Waals surface area contributed by atoms with Gasteiger partial charge in [0.25, 0.3) is 0 Å². The maximum Gasteiger partial charge on any atom is 0.132 e. The number of aryl methyl sites for hydroxylation is 1. The van der Waals surface area contributed by atoms with Gasteiger partial charge >= 0.3 is 0 Å². The molecule has 0 atom stereocenters. The molecule has 1 aromatic rings. The van der Waals surface area contributed by atoms with Crippen LogP contribution in [-0.2, 0) is 12.8 Å². The SMILES string of the molecule is CN(C)C1(CNc2ncnc3c2CCCCC3)CCC1. The Hall–Kier alpha value is -1.16. The highest BCUT2D eigenvalue weighted by molar-refractivity contribution is 5.47. The quantitative estimate of drug-likeness (QED) is 0.857. The van der Waals surface area contributed by atoms with Gasteiger partial charge in [0, 0.05) is 23.3 Å². The van der Waals surface area contributed by atoms with Crippen LogP contribution in [0.5, 0.6) is 0 Å². The fraction of sp³-hybridized carbons (Fsp3) is 0.750. The first-order chi connectivity index (χ1) is 9.71. The first-order valence-electron chi connectivity index (χ1n) is 7.95. The van der Waals surface area contributed by atoms with Gasteiger partial charge in [0.15, 0.2) is 0 Å². The topological polar surface area (TPSA) is 41.0 Å². The van der Waals surface area contributed by atoms with Crippen LogP contribution < -0.4 is 5.32 Å². The van der Waals surface area contributed by atoms with E-state index in [4.69, 9.17) is 0 Å². The van der Waals surface area contributed by atoms with Crippen LogP contribution in [0.3, 0.4) is 0 Å². The Labute approximate surface area is 122 Å². The van der Waals surface area contributed by atoms with E-state index in [9.17, 15) is 0 Å². The fourth-order valence-electron chi connectivity index (χ4n) is 3.47. The van der Waals surface area contributed by atoms with Crippen molar-refractivity contribution in [1.29, 1.82) is 0 Å². The average molecular weight is 274 g/mol. The molecule has 1 saturated carbocycles. The van der Waals surface area contributed by atoms with Crippen LogP contribution in [0.2, 0.25) is 0 Å². The summed E-state index contributed by atoms with van der Waals surface area (Å²) >= 11 is 0. The van der Waals surface area contributed by atoms with Crippen LogP contribution in [0.25, 0.3) is 0 Å². The fourth-order valence-corrected chi connectivity index (χ4v) is 3.47. The van der Waals surface area contributed by atoms with Gasteiger partial charge in [-0.2, -0.15) is 0 Å². The molecule has 0 bridgehead atoms. The van der Waals surface area contributed by atoms with Crippen molar-refractivity contribution in [1.82, 2.24) is 14.9 Å². The third-order valence-corrected chi connectivity index (χ3v) is 5.19. The summed E-state index contributed by atoms with van der Waals surface area (Å²) in [6.45, 7) is 1.00. The highest BCUT2D eigenvalue weighted by Crippen LogP contribution is 2.36. The van der Waals surface area contributed by atoms with Gasteiger partial charge in [-0.25, -0.2) is 9.97 Å². The second-order valence-electron chi connectivity index (χ2n) is 6.53. The zero-order valence-corrected chi connectivity index (χ0v) is 12.8. The molecular weight excluding hydrogens is 248 g/mol. The lowest BCUT2D eigenvalue weighted by Gasteiger charge is -2.47. The minimum atomic E-state index is 0.336. The molecule has 0 radical (unpaired) electrons. The van der Waals surface area contributed by atoms with Crippen molar-refractivity contribution in [3.8, 4) is 0 Å². The van der Waals surface area contributed by atoms with E-state index in [0.717, 1.165) is 25.2 Å². The van der Waals surface area contributed by atoms with E-state index in [1.54, 1.807) is 6.33 Å². The molecule has 1 N–H and O–H groups in total. The van der Waals surface area contributed by atoms with Gasteiger partial charge in [0.2, 0.25) is 0 Å². The number of anilines is 1. The highest BCUT2D eigenvalue weighted by atomic mass is 15.2. The minimum Gasteiger partial charge on any atom is -0.368 e. The smallest absolute Gasteiger partial charge is 0.132 e. The van der Waals surface area contributed by atoms with Gasteiger partial charge in [0.1, 0.15) is 12.1 Å². The first kappa shape index (κ1) is 13.8. The largest absolute Gasteiger partial charge is 0.368 e. The molecule has 4 heteroatoms. The minimum absolute atomic E-state index is 0.336. The van der Waals surface area contributed by atoms with Crippen LogP contribution >= 0.6 is 0 Å². The van der Waals surface area contributed by atoms with E-state index < -0.39 is 0 Å². The number of likely N-dealkylation sites (N-methyl/N-ethyl adjacent to an activating group) is 1. The lowest BCUT2D eigenvalue weighted by molar-refractivity contribution is 0.0738. The molecule has 0 amide bonds. The zero-order valence-electron chi connectivity index (χ0n) is 12.8. The second kappa shape index (κ2) is 5.68. The Kier molecular flexibility index (Phi) is 3.92. The van der Waals surface area contributed by atoms with Crippen molar-refractivity contribution in [2.45, 2.75) is 56.9 Å². The van der Waals surface area contributed by atoms with E-state index >= 15 is 0 Å². The third kappa shape index (κ3) is 2.53. The molecule has 1 fully saturated rings. The number of nitrogens with zero attached hydrogens (tertiary/aromatic N) is 3. The van der Waals surface area contributed by atoms with Gasteiger partial charge < -0.3 is 10.2 Å². The Balaban J connectivity index is 1.74. The van der Waals surface area contributed by atoms with Gasteiger partial charge in [-0.05, 0) is 59.0 Å². The summed E-state index contributed by atoms with van der Waals surface area (Å²) in [5.74, 6) is 1.09. The lowest BCUT2D eigenvalue weighted by atomic mass is 9.75.